The van der Waals surface area contributed by atoms with Crippen LogP contribution in [0.4, 0.5) is 5.69 Å². The summed E-state index contributed by atoms with van der Waals surface area (Å²) in [5.74, 6) is -0.620. The molecule has 0 aliphatic carbocycles. The number of carbonyl (C=O) groups is 1. The standard InChI is InChI=1S/C10H8N4O3/c11-10(15)9-5-6-13(12-9)7-1-3-8(4-2-7)14(16)17/h1-6H,(H2,11,15). The van der Waals surface area contributed by atoms with Gasteiger partial charge in [-0.3, -0.25) is 14.9 Å². The van der Waals surface area contributed by atoms with Gasteiger partial charge in [-0.2, -0.15) is 5.10 Å². The first kappa shape index (κ1) is 10.8. The summed E-state index contributed by atoms with van der Waals surface area (Å²) in [4.78, 5) is 20.8. The molecule has 1 aromatic carbocycles. The summed E-state index contributed by atoms with van der Waals surface area (Å²) in [5, 5.41) is 14.4. The molecule has 7 heteroatoms. The van der Waals surface area contributed by atoms with Gasteiger partial charge in [0.25, 0.3) is 11.6 Å². The van der Waals surface area contributed by atoms with Gasteiger partial charge in [0.15, 0.2) is 0 Å². The topological polar surface area (TPSA) is 104 Å². The fourth-order valence-corrected chi connectivity index (χ4v) is 1.33. The Balaban J connectivity index is 2.33. The summed E-state index contributed by atoms with van der Waals surface area (Å²) in [7, 11) is 0. The molecular formula is C10H8N4O3. The molecule has 7 nitrogen and oxygen atoms in total. The summed E-state index contributed by atoms with van der Waals surface area (Å²) < 4.78 is 1.42. The molecule has 0 radical (unpaired) electrons. The van der Waals surface area contributed by atoms with Crippen LogP contribution in [0.15, 0.2) is 36.5 Å². The Hall–Kier alpha value is -2.70. The van der Waals surface area contributed by atoms with E-state index in [0.717, 1.165) is 0 Å². The maximum absolute atomic E-state index is 10.8. The molecule has 86 valence electrons. The van der Waals surface area contributed by atoms with Gasteiger partial charge in [-0.15, -0.1) is 0 Å². The number of non-ortho nitro benzene ring substituents is 1. The lowest BCUT2D eigenvalue weighted by molar-refractivity contribution is -0.384. The van der Waals surface area contributed by atoms with E-state index in [-0.39, 0.29) is 11.4 Å². The number of primary amides is 1. The quantitative estimate of drug-likeness (QED) is 0.626. The number of hydrogen-bond donors (Lipinski definition) is 1. The van der Waals surface area contributed by atoms with Crippen LogP contribution in [0.5, 0.6) is 0 Å². The van der Waals surface area contributed by atoms with Gasteiger partial charge in [0, 0.05) is 18.3 Å². The van der Waals surface area contributed by atoms with E-state index in [1.54, 1.807) is 6.20 Å². The highest BCUT2D eigenvalue weighted by molar-refractivity contribution is 5.90. The van der Waals surface area contributed by atoms with E-state index in [4.69, 9.17) is 5.73 Å². The fraction of sp³-hybridized carbons (Fsp3) is 0. The molecule has 0 atom stereocenters. The minimum Gasteiger partial charge on any atom is -0.364 e. The first-order valence-corrected chi connectivity index (χ1v) is 4.68. The van der Waals surface area contributed by atoms with E-state index in [1.807, 2.05) is 0 Å². The van der Waals surface area contributed by atoms with Crippen LogP contribution in [-0.2, 0) is 0 Å². The van der Waals surface area contributed by atoms with Crippen molar-refractivity contribution in [2.75, 3.05) is 0 Å². The smallest absolute Gasteiger partial charge is 0.269 e. The van der Waals surface area contributed by atoms with Crippen LogP contribution in [0.2, 0.25) is 0 Å². The number of nitrogens with two attached hydrogens (primary N) is 1. The minimum atomic E-state index is -0.620. The molecular weight excluding hydrogens is 224 g/mol. The molecule has 0 fully saturated rings. The second-order valence-corrected chi connectivity index (χ2v) is 3.28. The predicted molar refractivity (Wildman–Crippen MR) is 58.7 cm³/mol. The van der Waals surface area contributed by atoms with Crippen LogP contribution < -0.4 is 5.73 Å². The second-order valence-electron chi connectivity index (χ2n) is 3.28. The van der Waals surface area contributed by atoms with Crippen LogP contribution in [0, 0.1) is 10.1 Å². The average molecular weight is 232 g/mol. The number of hydrogen-bond acceptors (Lipinski definition) is 4. The molecule has 0 bridgehead atoms. The molecule has 0 saturated heterocycles. The Morgan fingerprint density at radius 1 is 1.29 bits per heavy atom. The van der Waals surface area contributed by atoms with Gasteiger partial charge in [0.1, 0.15) is 5.69 Å². The van der Waals surface area contributed by atoms with Gasteiger partial charge in [0.05, 0.1) is 10.6 Å². The van der Waals surface area contributed by atoms with Crippen molar-refractivity contribution in [3.8, 4) is 5.69 Å². The van der Waals surface area contributed by atoms with Crippen LogP contribution in [-0.4, -0.2) is 20.6 Å². The normalized spacial score (nSPS) is 10.1. The minimum absolute atomic E-state index is 0.00368. The Morgan fingerprint density at radius 3 is 2.41 bits per heavy atom. The van der Waals surface area contributed by atoms with Crippen molar-refractivity contribution >= 4 is 11.6 Å². The molecule has 1 aromatic heterocycles. The summed E-state index contributed by atoms with van der Waals surface area (Å²) in [6.07, 6.45) is 1.56. The van der Waals surface area contributed by atoms with E-state index in [0.29, 0.717) is 5.69 Å². The fourth-order valence-electron chi connectivity index (χ4n) is 1.33. The number of aromatic nitrogens is 2. The highest BCUT2D eigenvalue weighted by Crippen LogP contribution is 2.14. The third kappa shape index (κ3) is 2.12. The highest BCUT2D eigenvalue weighted by atomic mass is 16.6. The van der Waals surface area contributed by atoms with Crippen molar-refractivity contribution in [3.05, 3.63) is 52.3 Å². The Bertz CT molecular complexity index is 573. The lowest BCUT2D eigenvalue weighted by Crippen LogP contribution is -2.12. The maximum atomic E-state index is 10.8. The van der Waals surface area contributed by atoms with Crippen molar-refractivity contribution < 1.29 is 9.72 Å². The Labute approximate surface area is 95.6 Å². The molecule has 0 aliphatic heterocycles. The molecule has 17 heavy (non-hydrogen) atoms. The number of nitro groups is 1. The lowest BCUT2D eigenvalue weighted by Gasteiger charge is -1.99. The Morgan fingerprint density at radius 2 is 1.94 bits per heavy atom. The van der Waals surface area contributed by atoms with Gasteiger partial charge in [-0.1, -0.05) is 0 Å². The summed E-state index contributed by atoms with van der Waals surface area (Å²) in [6.45, 7) is 0. The largest absolute Gasteiger partial charge is 0.364 e. The second kappa shape index (κ2) is 4.05. The lowest BCUT2D eigenvalue weighted by atomic mass is 10.3. The zero-order valence-corrected chi connectivity index (χ0v) is 8.61. The number of rotatable bonds is 3. The van der Waals surface area contributed by atoms with E-state index in [1.165, 1.54) is 35.0 Å². The number of carbonyl (C=O) groups excluding carboxylic acids is 1. The monoisotopic (exact) mass is 232 g/mol. The third-order valence-corrected chi connectivity index (χ3v) is 2.17. The highest BCUT2D eigenvalue weighted by Gasteiger charge is 2.08. The molecule has 1 heterocycles. The zero-order chi connectivity index (χ0) is 12.4. The molecule has 0 saturated carbocycles. The molecule has 2 aromatic rings. The average Bonchev–Trinajstić information content (AvgIpc) is 2.78. The number of nitro benzene ring substituents is 1. The zero-order valence-electron chi connectivity index (χ0n) is 8.61. The maximum Gasteiger partial charge on any atom is 0.269 e. The summed E-state index contributed by atoms with van der Waals surface area (Å²) in [6, 6.07) is 7.28. The van der Waals surface area contributed by atoms with Crippen LogP contribution in [0.1, 0.15) is 10.5 Å². The van der Waals surface area contributed by atoms with E-state index in [2.05, 4.69) is 5.10 Å². The van der Waals surface area contributed by atoms with E-state index in [9.17, 15) is 14.9 Å². The molecule has 0 aliphatic rings. The number of amides is 1. The predicted octanol–water partition coefficient (Wildman–Crippen LogP) is 0.879. The van der Waals surface area contributed by atoms with Crippen LogP contribution in [0.25, 0.3) is 5.69 Å². The Kier molecular flexibility index (Phi) is 2.57. The van der Waals surface area contributed by atoms with Gasteiger partial charge >= 0.3 is 0 Å². The van der Waals surface area contributed by atoms with Crippen LogP contribution in [0.3, 0.4) is 0 Å². The first-order chi connectivity index (χ1) is 8.08. The third-order valence-electron chi connectivity index (χ3n) is 2.17. The van der Waals surface area contributed by atoms with Crippen LogP contribution >= 0.6 is 0 Å². The molecule has 1 amide bonds. The van der Waals surface area contributed by atoms with Crippen molar-refractivity contribution in [2.24, 2.45) is 5.73 Å². The van der Waals surface area contributed by atoms with Crippen molar-refractivity contribution in [2.45, 2.75) is 0 Å². The van der Waals surface area contributed by atoms with Gasteiger partial charge in [0.2, 0.25) is 0 Å². The van der Waals surface area contributed by atoms with E-state index < -0.39 is 10.8 Å². The number of benzene rings is 1. The molecule has 0 spiro atoms. The summed E-state index contributed by atoms with van der Waals surface area (Å²) in [5.41, 5.74) is 5.82. The summed E-state index contributed by atoms with van der Waals surface area (Å²) >= 11 is 0. The van der Waals surface area contributed by atoms with Crippen molar-refractivity contribution in [1.29, 1.82) is 0 Å². The number of nitrogens with zero attached hydrogens (tertiary/aromatic N) is 3. The van der Waals surface area contributed by atoms with Gasteiger partial charge in [-0.05, 0) is 18.2 Å². The SMILES string of the molecule is NC(=O)c1ccn(-c2ccc([N+](=O)[O-])cc2)n1. The first-order valence-electron chi connectivity index (χ1n) is 4.68. The molecule has 2 rings (SSSR count). The molecule has 2 N–H and O–H groups in total. The van der Waals surface area contributed by atoms with Gasteiger partial charge in [-0.25, -0.2) is 4.68 Å². The van der Waals surface area contributed by atoms with Gasteiger partial charge < -0.3 is 5.73 Å². The van der Waals surface area contributed by atoms with Crippen molar-refractivity contribution in [1.82, 2.24) is 9.78 Å². The molecule has 0 unspecified atom stereocenters. The van der Waals surface area contributed by atoms with E-state index >= 15 is 0 Å². The van der Waals surface area contributed by atoms with Crippen molar-refractivity contribution in [3.63, 3.8) is 0 Å².